The Kier molecular flexibility index (Phi) is 2.82. The van der Waals surface area contributed by atoms with Crippen LogP contribution in [0.4, 0.5) is 0 Å². The van der Waals surface area contributed by atoms with E-state index < -0.39 is 0 Å². The quantitative estimate of drug-likeness (QED) is 0.870. The van der Waals surface area contributed by atoms with Crippen LogP contribution < -0.4 is 0 Å². The van der Waals surface area contributed by atoms with Crippen molar-refractivity contribution in [2.75, 3.05) is 0 Å². The Morgan fingerprint density at radius 1 is 1.22 bits per heavy atom. The minimum atomic E-state index is 0.531. The summed E-state index contributed by atoms with van der Waals surface area (Å²) in [5, 5.41) is 1.28. The molecule has 2 bridgehead atoms. The third-order valence-corrected chi connectivity index (χ3v) is 6.18. The highest BCUT2D eigenvalue weighted by Gasteiger charge is 2.73. The van der Waals surface area contributed by atoms with Crippen LogP contribution in [0.15, 0.2) is 30.8 Å². The van der Waals surface area contributed by atoms with E-state index in [0.29, 0.717) is 5.92 Å². The molecule has 2 heterocycles. The number of nitrogens with one attached hydrogen (secondary N) is 1. The maximum atomic E-state index is 4.72. The number of hydrogen-bond acceptors (Lipinski definition) is 2. The van der Waals surface area contributed by atoms with Crippen molar-refractivity contribution in [3.05, 3.63) is 42.0 Å². The van der Waals surface area contributed by atoms with Gasteiger partial charge in [-0.15, -0.1) is 0 Å². The van der Waals surface area contributed by atoms with E-state index in [1.54, 1.807) is 6.33 Å². The summed E-state index contributed by atoms with van der Waals surface area (Å²) in [6.45, 7) is 4.53. The van der Waals surface area contributed by atoms with E-state index in [4.69, 9.17) is 4.98 Å². The maximum absolute atomic E-state index is 4.72. The molecule has 0 aliphatic heterocycles. The first-order valence-electron chi connectivity index (χ1n) is 9.05. The van der Waals surface area contributed by atoms with Crippen molar-refractivity contribution >= 4 is 16.6 Å². The molecular formula is C20H23N3. The first-order chi connectivity index (χ1) is 11.3. The number of H-pyrrole nitrogens is 1. The summed E-state index contributed by atoms with van der Waals surface area (Å²) in [5.74, 6) is 4.04. The molecular weight excluding hydrogens is 282 g/mol. The van der Waals surface area contributed by atoms with Gasteiger partial charge in [-0.1, -0.05) is 38.5 Å². The van der Waals surface area contributed by atoms with Gasteiger partial charge in [-0.3, -0.25) is 0 Å². The highest BCUT2D eigenvalue weighted by atomic mass is 14.9. The summed E-state index contributed by atoms with van der Waals surface area (Å²) < 4.78 is 0. The number of rotatable bonds is 5. The van der Waals surface area contributed by atoms with Gasteiger partial charge in [0.05, 0.1) is 5.69 Å². The Morgan fingerprint density at radius 3 is 2.87 bits per heavy atom. The monoisotopic (exact) mass is 305 g/mol. The number of aromatic amines is 1. The van der Waals surface area contributed by atoms with Gasteiger partial charge in [0.25, 0.3) is 0 Å². The number of fused-ring (bicyclic) bond motifs is 2. The summed E-state index contributed by atoms with van der Waals surface area (Å²) in [4.78, 5) is 12.6. The molecule has 3 unspecified atom stereocenters. The standard InChI is InChI=1S/C20H23N3/c1-3-6-11(4-2)19-18-14(9-21-20(18)23-10-22-19)12-7-5-8-13-16-15(12)17(13)16/h5,7-11,13,15-17H,3-4,6H2,1-2H3,(H,21,22,23). The normalized spacial score (nSPS) is 31.5. The van der Waals surface area contributed by atoms with Gasteiger partial charge in [-0.2, -0.15) is 0 Å². The Bertz CT molecular complexity index is 819. The molecule has 2 aromatic rings. The fourth-order valence-electron chi connectivity index (χ4n) is 4.82. The molecule has 6 rings (SSSR count). The van der Waals surface area contributed by atoms with E-state index in [1.165, 1.54) is 35.1 Å². The highest BCUT2D eigenvalue weighted by Crippen LogP contribution is 2.78. The van der Waals surface area contributed by atoms with Crippen LogP contribution in [0.3, 0.4) is 0 Å². The lowest BCUT2D eigenvalue weighted by Gasteiger charge is -2.16. The molecule has 0 saturated heterocycles. The Labute approximate surface area is 136 Å². The molecule has 23 heavy (non-hydrogen) atoms. The fraction of sp³-hybridized carbons (Fsp3) is 0.500. The van der Waals surface area contributed by atoms with Gasteiger partial charge in [-0.05, 0) is 42.1 Å². The van der Waals surface area contributed by atoms with Gasteiger partial charge >= 0.3 is 0 Å². The topological polar surface area (TPSA) is 41.6 Å². The molecule has 3 heteroatoms. The predicted octanol–water partition coefficient (Wildman–Crippen LogP) is 4.70. The Hall–Kier alpha value is -1.90. The van der Waals surface area contributed by atoms with Crippen molar-refractivity contribution in [3.63, 3.8) is 0 Å². The van der Waals surface area contributed by atoms with Gasteiger partial charge < -0.3 is 4.98 Å². The largest absolute Gasteiger partial charge is 0.345 e. The van der Waals surface area contributed by atoms with Gasteiger partial charge in [0.1, 0.15) is 12.0 Å². The van der Waals surface area contributed by atoms with Crippen LogP contribution in [0.2, 0.25) is 0 Å². The second kappa shape index (κ2) is 4.80. The van der Waals surface area contributed by atoms with Crippen LogP contribution in [-0.2, 0) is 0 Å². The van der Waals surface area contributed by atoms with Crippen LogP contribution in [0.25, 0.3) is 16.6 Å². The molecule has 3 atom stereocenters. The van der Waals surface area contributed by atoms with E-state index in [-0.39, 0.29) is 0 Å². The number of nitrogens with zero attached hydrogens (tertiary/aromatic N) is 2. The van der Waals surface area contributed by atoms with Crippen LogP contribution in [0.1, 0.15) is 50.3 Å². The zero-order valence-corrected chi connectivity index (χ0v) is 13.8. The molecule has 0 spiro atoms. The Balaban J connectivity index is 1.65. The van der Waals surface area contributed by atoms with Crippen LogP contribution >= 0.6 is 0 Å². The Morgan fingerprint density at radius 2 is 2.09 bits per heavy atom. The molecule has 0 amide bonds. The van der Waals surface area contributed by atoms with Crippen molar-refractivity contribution in [2.45, 2.75) is 39.0 Å². The summed E-state index contributed by atoms with van der Waals surface area (Å²) in [7, 11) is 0. The lowest BCUT2D eigenvalue weighted by Crippen LogP contribution is -2.04. The minimum absolute atomic E-state index is 0.531. The molecule has 4 aliphatic rings. The lowest BCUT2D eigenvalue weighted by molar-refractivity contribution is 0.584. The third kappa shape index (κ3) is 1.82. The summed E-state index contributed by atoms with van der Waals surface area (Å²) in [6, 6.07) is 0. The lowest BCUT2D eigenvalue weighted by atomic mass is 9.89. The van der Waals surface area contributed by atoms with Crippen molar-refractivity contribution in [1.82, 2.24) is 15.0 Å². The second-order valence-corrected chi connectivity index (χ2v) is 7.34. The second-order valence-electron chi connectivity index (χ2n) is 7.34. The molecule has 0 aromatic carbocycles. The molecule has 1 N–H and O–H groups in total. The van der Waals surface area contributed by atoms with Gasteiger partial charge in [0.2, 0.25) is 0 Å². The average Bonchev–Trinajstić information content (AvgIpc) is 3.44. The number of hydrogen-bond donors (Lipinski definition) is 1. The van der Waals surface area contributed by atoms with Crippen molar-refractivity contribution in [3.8, 4) is 0 Å². The zero-order valence-electron chi connectivity index (χ0n) is 13.8. The number of aromatic nitrogens is 3. The number of allylic oxidation sites excluding steroid dienone is 4. The summed E-state index contributed by atoms with van der Waals surface area (Å²) in [6.07, 6.45) is 14.4. The molecule has 0 radical (unpaired) electrons. The molecule has 3 nitrogen and oxygen atoms in total. The SMILES string of the molecule is CCCC(CC)c1ncnc2[nH]cc(C3=CC=CC4C5C3C45)c12. The van der Waals surface area contributed by atoms with Crippen molar-refractivity contribution in [1.29, 1.82) is 0 Å². The van der Waals surface area contributed by atoms with Gasteiger partial charge in [0.15, 0.2) is 0 Å². The fourth-order valence-corrected chi connectivity index (χ4v) is 4.82. The van der Waals surface area contributed by atoms with Crippen LogP contribution in [-0.4, -0.2) is 15.0 Å². The molecule has 2 aromatic heterocycles. The first-order valence-corrected chi connectivity index (χ1v) is 9.05. The average molecular weight is 305 g/mol. The first kappa shape index (κ1) is 13.5. The van der Waals surface area contributed by atoms with E-state index in [1.807, 2.05) is 0 Å². The van der Waals surface area contributed by atoms with Crippen molar-refractivity contribution < 1.29 is 0 Å². The third-order valence-electron chi connectivity index (χ3n) is 6.18. The van der Waals surface area contributed by atoms with Gasteiger partial charge in [-0.25, -0.2) is 9.97 Å². The van der Waals surface area contributed by atoms with E-state index in [2.05, 4.69) is 48.2 Å². The molecule has 118 valence electrons. The van der Waals surface area contributed by atoms with E-state index >= 15 is 0 Å². The summed E-state index contributed by atoms with van der Waals surface area (Å²) >= 11 is 0. The minimum Gasteiger partial charge on any atom is -0.345 e. The highest BCUT2D eigenvalue weighted by molar-refractivity contribution is 5.94. The van der Waals surface area contributed by atoms with Crippen LogP contribution in [0.5, 0.6) is 0 Å². The predicted molar refractivity (Wildman–Crippen MR) is 92.9 cm³/mol. The van der Waals surface area contributed by atoms with E-state index in [9.17, 15) is 0 Å². The van der Waals surface area contributed by atoms with Crippen molar-refractivity contribution in [2.24, 2.45) is 23.7 Å². The molecule has 2 fully saturated rings. The van der Waals surface area contributed by atoms with E-state index in [0.717, 1.165) is 35.7 Å². The maximum Gasteiger partial charge on any atom is 0.141 e. The zero-order chi connectivity index (χ0) is 15.6. The summed E-state index contributed by atoms with van der Waals surface area (Å²) in [5.41, 5.74) is 5.11. The molecule has 4 aliphatic carbocycles. The smallest absolute Gasteiger partial charge is 0.141 e. The van der Waals surface area contributed by atoms with Gasteiger partial charge in [0, 0.05) is 23.1 Å². The molecule has 2 saturated carbocycles. The van der Waals surface area contributed by atoms with Crippen LogP contribution in [0, 0.1) is 23.7 Å².